The molecule has 0 aliphatic heterocycles. The number of benzene rings is 1. The molecule has 0 saturated heterocycles. The minimum absolute atomic E-state index is 0.0171. The van der Waals surface area contributed by atoms with Crippen LogP contribution in [0.1, 0.15) is 29.3 Å². The number of amides is 1. The van der Waals surface area contributed by atoms with E-state index in [4.69, 9.17) is 10.00 Å². The van der Waals surface area contributed by atoms with E-state index in [0.29, 0.717) is 0 Å². The number of nitrogens with one attached hydrogen (secondary N) is 1. The summed E-state index contributed by atoms with van der Waals surface area (Å²) in [6.07, 6.45) is -2.16. The molecule has 136 valence electrons. The summed E-state index contributed by atoms with van der Waals surface area (Å²) in [6, 6.07) is 11.7. The van der Waals surface area contributed by atoms with E-state index in [-0.39, 0.29) is 25.1 Å². The molecule has 2 rings (SSSR count). The Balaban J connectivity index is 1.75. The first-order valence-corrected chi connectivity index (χ1v) is 7.87. The number of aliphatic hydroxyl groups is 2. The number of halogens is 1. The number of aliphatic hydroxyl groups excluding tert-OH is 2. The molecule has 0 radical (unpaired) electrons. The highest BCUT2D eigenvalue weighted by atomic mass is 19.1. The molecule has 0 aliphatic rings. The molecular formula is C18H18FN3O4. The summed E-state index contributed by atoms with van der Waals surface area (Å²) in [4.78, 5) is 15.2. The molecule has 2 atom stereocenters. The predicted molar refractivity (Wildman–Crippen MR) is 89.1 cm³/mol. The second kappa shape index (κ2) is 9.46. The third kappa shape index (κ3) is 5.51. The molecule has 1 aromatic carbocycles. The van der Waals surface area contributed by atoms with Crippen LogP contribution in [0.2, 0.25) is 0 Å². The quantitative estimate of drug-likeness (QED) is 0.694. The van der Waals surface area contributed by atoms with E-state index < -0.39 is 29.8 Å². The normalized spacial score (nSPS) is 12.7. The predicted octanol–water partition coefficient (Wildman–Crippen LogP) is 1.80. The van der Waals surface area contributed by atoms with Crippen LogP contribution >= 0.6 is 0 Å². The van der Waals surface area contributed by atoms with Gasteiger partial charge >= 0.3 is 6.09 Å². The van der Waals surface area contributed by atoms with Gasteiger partial charge in [-0.05, 0) is 18.1 Å². The monoisotopic (exact) mass is 359 g/mol. The zero-order chi connectivity index (χ0) is 18.9. The number of hydrogen-bond donors (Lipinski definition) is 3. The lowest BCUT2D eigenvalue weighted by Crippen LogP contribution is -2.29. The maximum absolute atomic E-state index is 13.5. The molecule has 0 bridgehead atoms. The van der Waals surface area contributed by atoms with Crippen molar-refractivity contribution >= 4 is 6.09 Å². The zero-order valence-corrected chi connectivity index (χ0v) is 13.8. The van der Waals surface area contributed by atoms with E-state index in [1.165, 1.54) is 0 Å². The average molecular weight is 359 g/mol. The molecule has 7 nitrogen and oxygen atoms in total. The van der Waals surface area contributed by atoms with Gasteiger partial charge in [0, 0.05) is 18.3 Å². The van der Waals surface area contributed by atoms with Gasteiger partial charge in [-0.25, -0.2) is 14.2 Å². The van der Waals surface area contributed by atoms with Gasteiger partial charge in [-0.1, -0.05) is 30.3 Å². The third-order valence-corrected chi connectivity index (χ3v) is 3.60. The summed E-state index contributed by atoms with van der Waals surface area (Å²) in [7, 11) is 0. The number of pyridine rings is 1. The first kappa shape index (κ1) is 19.3. The van der Waals surface area contributed by atoms with Crippen LogP contribution in [0.15, 0.2) is 42.6 Å². The Morgan fingerprint density at radius 1 is 1.35 bits per heavy atom. The smallest absolute Gasteiger partial charge is 0.407 e. The summed E-state index contributed by atoms with van der Waals surface area (Å²) in [5.74, 6) is -0.876. The Morgan fingerprint density at radius 3 is 2.73 bits per heavy atom. The molecule has 0 spiro atoms. The van der Waals surface area contributed by atoms with Gasteiger partial charge in [0.2, 0.25) is 0 Å². The summed E-state index contributed by atoms with van der Waals surface area (Å²) < 4.78 is 18.5. The van der Waals surface area contributed by atoms with E-state index in [2.05, 4.69) is 10.3 Å². The van der Waals surface area contributed by atoms with Crippen LogP contribution in [-0.2, 0) is 11.3 Å². The number of nitrogens with zero attached hydrogens (tertiary/aromatic N) is 2. The van der Waals surface area contributed by atoms with Crippen molar-refractivity contribution in [1.82, 2.24) is 10.3 Å². The fourth-order valence-corrected chi connectivity index (χ4v) is 2.17. The molecule has 0 fully saturated rings. The molecule has 3 N–H and O–H groups in total. The Bertz CT molecular complexity index is 780. The van der Waals surface area contributed by atoms with Crippen molar-refractivity contribution in [3.05, 3.63) is 65.2 Å². The maximum atomic E-state index is 13.5. The van der Waals surface area contributed by atoms with Crippen LogP contribution in [0.5, 0.6) is 0 Å². The highest BCUT2D eigenvalue weighted by Gasteiger charge is 2.20. The minimum Gasteiger partial charge on any atom is -0.445 e. The molecule has 2 unspecified atom stereocenters. The highest BCUT2D eigenvalue weighted by molar-refractivity contribution is 5.67. The molecule has 1 heterocycles. The standard InChI is InChI=1S/C18H18FN3O4/c19-14-8-13(10-22-15(14)9-20)17(24)16(23)6-7-21-18(25)26-11-12-4-2-1-3-5-12/h1-5,8,10,16-17,23-24H,6-7,11H2,(H,21,25). The number of hydrogen-bond acceptors (Lipinski definition) is 6. The van der Waals surface area contributed by atoms with Crippen LogP contribution in [0.4, 0.5) is 9.18 Å². The number of rotatable bonds is 7. The largest absolute Gasteiger partial charge is 0.445 e. The fourth-order valence-electron chi connectivity index (χ4n) is 2.17. The lowest BCUT2D eigenvalue weighted by molar-refractivity contribution is 0.0132. The van der Waals surface area contributed by atoms with Crippen LogP contribution in [0.3, 0.4) is 0 Å². The Hall–Kier alpha value is -3.02. The molecule has 26 heavy (non-hydrogen) atoms. The summed E-state index contributed by atoms with van der Waals surface area (Å²) in [5.41, 5.74) is 0.493. The van der Waals surface area contributed by atoms with Gasteiger partial charge in [0.05, 0.1) is 6.10 Å². The molecule has 0 saturated carbocycles. The second-order valence-electron chi connectivity index (χ2n) is 5.50. The summed E-state index contributed by atoms with van der Waals surface area (Å²) in [6.45, 7) is 0.173. The van der Waals surface area contributed by atoms with Crippen molar-refractivity contribution in [2.24, 2.45) is 0 Å². The molecule has 1 aromatic heterocycles. The van der Waals surface area contributed by atoms with Crippen LogP contribution < -0.4 is 5.32 Å². The average Bonchev–Trinajstić information content (AvgIpc) is 2.66. The Labute approximate surface area is 149 Å². The Kier molecular flexibility index (Phi) is 7.02. The Morgan fingerprint density at radius 2 is 2.08 bits per heavy atom. The van der Waals surface area contributed by atoms with E-state index in [1.54, 1.807) is 6.07 Å². The van der Waals surface area contributed by atoms with Gasteiger partial charge in [0.25, 0.3) is 0 Å². The van der Waals surface area contributed by atoms with E-state index in [1.807, 2.05) is 30.3 Å². The summed E-state index contributed by atoms with van der Waals surface area (Å²) >= 11 is 0. The summed E-state index contributed by atoms with van der Waals surface area (Å²) in [5, 5.41) is 31.0. The number of ether oxygens (including phenoxy) is 1. The second-order valence-corrected chi connectivity index (χ2v) is 5.50. The number of nitriles is 1. The van der Waals surface area contributed by atoms with Crippen molar-refractivity contribution < 1.29 is 24.1 Å². The molecule has 2 aromatic rings. The number of aromatic nitrogens is 1. The lowest BCUT2D eigenvalue weighted by Gasteiger charge is -2.18. The fraction of sp³-hybridized carbons (Fsp3) is 0.278. The van der Waals surface area contributed by atoms with E-state index >= 15 is 0 Å². The molecule has 1 amide bonds. The molecule has 8 heteroatoms. The van der Waals surface area contributed by atoms with Gasteiger partial charge in [-0.3, -0.25) is 0 Å². The zero-order valence-electron chi connectivity index (χ0n) is 13.8. The first-order chi connectivity index (χ1) is 12.5. The van der Waals surface area contributed by atoms with Crippen LogP contribution in [-0.4, -0.2) is 33.9 Å². The van der Waals surface area contributed by atoms with Crippen molar-refractivity contribution in [2.75, 3.05) is 6.54 Å². The van der Waals surface area contributed by atoms with E-state index in [0.717, 1.165) is 17.8 Å². The minimum atomic E-state index is -1.40. The number of alkyl carbamates (subject to hydrolysis) is 1. The molecule has 0 aliphatic carbocycles. The van der Waals surface area contributed by atoms with E-state index in [9.17, 15) is 19.4 Å². The van der Waals surface area contributed by atoms with Gasteiger partial charge < -0.3 is 20.3 Å². The van der Waals surface area contributed by atoms with Crippen molar-refractivity contribution in [1.29, 1.82) is 5.26 Å². The van der Waals surface area contributed by atoms with Gasteiger partial charge in [-0.2, -0.15) is 5.26 Å². The topological polar surface area (TPSA) is 115 Å². The molecular weight excluding hydrogens is 341 g/mol. The first-order valence-electron chi connectivity index (χ1n) is 7.87. The number of carbonyl (C=O) groups excluding carboxylic acids is 1. The van der Waals surface area contributed by atoms with Gasteiger partial charge in [-0.15, -0.1) is 0 Å². The van der Waals surface area contributed by atoms with Gasteiger partial charge in [0.1, 0.15) is 18.8 Å². The third-order valence-electron chi connectivity index (χ3n) is 3.60. The maximum Gasteiger partial charge on any atom is 0.407 e. The van der Waals surface area contributed by atoms with Crippen molar-refractivity contribution in [3.8, 4) is 6.07 Å². The van der Waals surface area contributed by atoms with Crippen molar-refractivity contribution in [2.45, 2.75) is 25.2 Å². The van der Waals surface area contributed by atoms with Crippen LogP contribution in [0.25, 0.3) is 0 Å². The number of carbonyl (C=O) groups is 1. The lowest BCUT2D eigenvalue weighted by atomic mass is 10.0. The van der Waals surface area contributed by atoms with Crippen molar-refractivity contribution in [3.63, 3.8) is 0 Å². The highest BCUT2D eigenvalue weighted by Crippen LogP contribution is 2.19. The van der Waals surface area contributed by atoms with Gasteiger partial charge in [0.15, 0.2) is 11.5 Å². The van der Waals surface area contributed by atoms with Crippen LogP contribution in [0, 0.1) is 17.1 Å². The SMILES string of the molecule is N#Cc1ncc(C(O)C(O)CCNC(=O)OCc2ccccc2)cc1F.